The fraction of sp³-hybridized carbons (Fsp3) is 0.235. The highest BCUT2D eigenvalue weighted by Crippen LogP contribution is 2.27. The van der Waals surface area contributed by atoms with Crippen molar-refractivity contribution in [2.24, 2.45) is 0 Å². The van der Waals surface area contributed by atoms with Crippen molar-refractivity contribution in [3.63, 3.8) is 0 Å². The van der Waals surface area contributed by atoms with Crippen molar-refractivity contribution in [2.75, 3.05) is 6.61 Å². The highest BCUT2D eigenvalue weighted by molar-refractivity contribution is 5.74. The molecule has 1 atom stereocenters. The lowest BCUT2D eigenvalue weighted by Gasteiger charge is -2.12. The minimum atomic E-state index is -0.665. The van der Waals surface area contributed by atoms with Crippen molar-refractivity contribution in [3.8, 4) is 11.5 Å². The zero-order chi connectivity index (χ0) is 17.5. The smallest absolute Gasteiger partial charge is 0.315 e. The van der Waals surface area contributed by atoms with Gasteiger partial charge in [-0.05, 0) is 36.8 Å². The Kier molecular flexibility index (Phi) is 6.08. The van der Waals surface area contributed by atoms with E-state index in [0.29, 0.717) is 5.56 Å². The molecule has 0 bridgehead atoms. The Morgan fingerprint density at radius 2 is 1.88 bits per heavy atom. The van der Waals surface area contributed by atoms with E-state index in [1.54, 1.807) is 19.1 Å². The molecule has 5 nitrogen and oxygen atoms in total. The van der Waals surface area contributed by atoms with E-state index in [1.165, 1.54) is 30.3 Å². The summed E-state index contributed by atoms with van der Waals surface area (Å²) in [6, 6.07) is 9.00. The predicted octanol–water partition coefficient (Wildman–Crippen LogP) is 2.94. The van der Waals surface area contributed by atoms with Gasteiger partial charge in [-0.25, -0.2) is 13.6 Å². The molecule has 0 aliphatic carbocycles. The zero-order valence-corrected chi connectivity index (χ0v) is 13.1. The molecule has 7 heteroatoms. The van der Waals surface area contributed by atoms with Gasteiger partial charge in [-0.2, -0.15) is 0 Å². The normalized spacial score (nSPS) is 11.7. The molecule has 0 saturated heterocycles. The van der Waals surface area contributed by atoms with Gasteiger partial charge >= 0.3 is 6.03 Å². The number of aliphatic hydroxyl groups is 1. The van der Waals surface area contributed by atoms with Crippen LogP contribution in [0.2, 0.25) is 0 Å². The van der Waals surface area contributed by atoms with Crippen LogP contribution in [0.1, 0.15) is 12.5 Å². The predicted molar refractivity (Wildman–Crippen MR) is 84.8 cm³/mol. The van der Waals surface area contributed by atoms with Crippen LogP contribution >= 0.6 is 0 Å². The number of carbonyl (C=O) groups excluding carboxylic acids is 1. The van der Waals surface area contributed by atoms with Gasteiger partial charge in [0.1, 0.15) is 0 Å². The summed E-state index contributed by atoms with van der Waals surface area (Å²) in [4.78, 5) is 11.5. The molecule has 0 saturated carbocycles. The second-order valence-electron chi connectivity index (χ2n) is 5.21. The van der Waals surface area contributed by atoms with Crippen LogP contribution in [0.3, 0.4) is 0 Å². The summed E-state index contributed by atoms with van der Waals surface area (Å²) in [7, 11) is 0. The number of hydrogen-bond donors (Lipinski definition) is 3. The molecule has 0 fully saturated rings. The van der Waals surface area contributed by atoms with Gasteiger partial charge in [-0.1, -0.05) is 18.2 Å². The molecule has 0 heterocycles. The second-order valence-corrected chi connectivity index (χ2v) is 5.21. The van der Waals surface area contributed by atoms with Crippen LogP contribution in [0.25, 0.3) is 0 Å². The van der Waals surface area contributed by atoms with E-state index in [-0.39, 0.29) is 30.7 Å². The second kappa shape index (κ2) is 8.26. The molecule has 0 aromatic heterocycles. The van der Waals surface area contributed by atoms with Crippen molar-refractivity contribution < 1.29 is 23.4 Å². The van der Waals surface area contributed by atoms with E-state index in [1.807, 2.05) is 0 Å². The van der Waals surface area contributed by atoms with Crippen LogP contribution in [0, 0.1) is 11.6 Å². The van der Waals surface area contributed by atoms with E-state index in [2.05, 4.69) is 10.6 Å². The van der Waals surface area contributed by atoms with Crippen LogP contribution in [-0.4, -0.2) is 23.8 Å². The maximum atomic E-state index is 14.0. The third kappa shape index (κ3) is 4.92. The number of rotatable bonds is 6. The number of nitrogens with one attached hydrogen (secondary N) is 2. The average molecular weight is 336 g/mol. The summed E-state index contributed by atoms with van der Waals surface area (Å²) in [5.74, 6) is -1.43. The van der Waals surface area contributed by atoms with E-state index in [0.717, 1.165) is 0 Å². The minimum Gasteiger partial charge on any atom is -0.451 e. The molecule has 128 valence electrons. The first kappa shape index (κ1) is 17.7. The van der Waals surface area contributed by atoms with Crippen LogP contribution in [0.15, 0.2) is 42.5 Å². The number of urea groups is 1. The maximum absolute atomic E-state index is 14.0. The largest absolute Gasteiger partial charge is 0.451 e. The maximum Gasteiger partial charge on any atom is 0.315 e. The lowest BCUT2D eigenvalue weighted by atomic mass is 10.2. The van der Waals surface area contributed by atoms with Gasteiger partial charge in [0.2, 0.25) is 0 Å². The Bertz CT molecular complexity index is 710. The first-order valence-corrected chi connectivity index (χ1v) is 7.35. The summed E-state index contributed by atoms with van der Waals surface area (Å²) in [5, 5.41) is 13.9. The lowest BCUT2D eigenvalue weighted by Crippen LogP contribution is -2.41. The third-order valence-corrected chi connectivity index (χ3v) is 3.16. The number of amides is 2. The zero-order valence-electron chi connectivity index (χ0n) is 13.1. The van der Waals surface area contributed by atoms with Gasteiger partial charge in [-0.15, -0.1) is 0 Å². The van der Waals surface area contributed by atoms with Crippen molar-refractivity contribution in [1.29, 1.82) is 0 Å². The molecule has 0 aliphatic heterocycles. The van der Waals surface area contributed by atoms with E-state index in [4.69, 9.17) is 9.84 Å². The van der Waals surface area contributed by atoms with Gasteiger partial charge in [-0.3, -0.25) is 0 Å². The highest BCUT2D eigenvalue weighted by atomic mass is 19.1. The van der Waals surface area contributed by atoms with Crippen molar-refractivity contribution in [3.05, 3.63) is 59.7 Å². The molecule has 3 N–H and O–H groups in total. The molecule has 24 heavy (non-hydrogen) atoms. The Morgan fingerprint density at radius 1 is 1.17 bits per heavy atom. The van der Waals surface area contributed by atoms with Gasteiger partial charge in [0.05, 0.1) is 12.6 Å². The monoisotopic (exact) mass is 336 g/mol. The number of carbonyl (C=O) groups is 1. The molecular weight excluding hydrogens is 318 g/mol. The van der Waals surface area contributed by atoms with Gasteiger partial charge < -0.3 is 20.5 Å². The summed E-state index contributed by atoms with van der Waals surface area (Å²) in [6.07, 6.45) is 0. The Morgan fingerprint density at radius 3 is 2.54 bits per heavy atom. The molecule has 2 rings (SSSR count). The number of hydrogen-bond acceptors (Lipinski definition) is 3. The van der Waals surface area contributed by atoms with E-state index < -0.39 is 17.7 Å². The molecule has 0 spiro atoms. The minimum absolute atomic E-state index is 0.0698. The standard InChI is InChI=1S/C17H18F2N2O3/c1-11(10-22)21-17(23)20-9-12-6-7-16(14(19)8-12)24-15-5-3-2-4-13(15)18/h2-8,11,22H,9-10H2,1H3,(H2,20,21,23). The average Bonchev–Trinajstić information content (AvgIpc) is 2.57. The van der Waals surface area contributed by atoms with E-state index in [9.17, 15) is 13.6 Å². The van der Waals surface area contributed by atoms with Gasteiger partial charge in [0.15, 0.2) is 23.1 Å². The molecular formula is C17H18F2N2O3. The molecule has 2 amide bonds. The number of benzene rings is 2. The number of ether oxygens (including phenoxy) is 1. The fourth-order valence-electron chi connectivity index (χ4n) is 1.89. The van der Waals surface area contributed by atoms with E-state index >= 15 is 0 Å². The molecule has 0 radical (unpaired) electrons. The van der Waals surface area contributed by atoms with Crippen molar-refractivity contribution >= 4 is 6.03 Å². The molecule has 2 aromatic carbocycles. The number of para-hydroxylation sites is 1. The SMILES string of the molecule is CC(CO)NC(=O)NCc1ccc(Oc2ccccc2F)c(F)c1. The third-order valence-electron chi connectivity index (χ3n) is 3.16. The molecule has 1 unspecified atom stereocenters. The molecule has 0 aliphatic rings. The quantitative estimate of drug-likeness (QED) is 0.759. The van der Waals surface area contributed by atoms with Gasteiger partial charge in [0, 0.05) is 6.54 Å². The summed E-state index contributed by atoms with van der Waals surface area (Å²) in [5.41, 5.74) is 0.514. The Hall–Kier alpha value is -2.67. The topological polar surface area (TPSA) is 70.6 Å². The van der Waals surface area contributed by atoms with Gasteiger partial charge in [0.25, 0.3) is 0 Å². The van der Waals surface area contributed by atoms with Crippen molar-refractivity contribution in [2.45, 2.75) is 19.5 Å². The first-order chi connectivity index (χ1) is 11.5. The molecule has 2 aromatic rings. The van der Waals surface area contributed by atoms with Crippen LogP contribution in [0.5, 0.6) is 11.5 Å². The van der Waals surface area contributed by atoms with Crippen LogP contribution in [0.4, 0.5) is 13.6 Å². The highest BCUT2D eigenvalue weighted by Gasteiger charge is 2.10. The number of aliphatic hydroxyl groups excluding tert-OH is 1. The first-order valence-electron chi connectivity index (χ1n) is 7.35. The van der Waals surface area contributed by atoms with Crippen LogP contribution < -0.4 is 15.4 Å². The lowest BCUT2D eigenvalue weighted by molar-refractivity contribution is 0.220. The van der Waals surface area contributed by atoms with Crippen molar-refractivity contribution in [1.82, 2.24) is 10.6 Å². The fourth-order valence-corrected chi connectivity index (χ4v) is 1.89. The Labute approximate surface area is 138 Å². The van der Waals surface area contributed by atoms with Crippen LogP contribution in [-0.2, 0) is 6.54 Å². The summed E-state index contributed by atoms with van der Waals surface area (Å²) < 4.78 is 32.8. The summed E-state index contributed by atoms with van der Waals surface area (Å²) in [6.45, 7) is 1.57. The number of halogens is 2. The Balaban J connectivity index is 1.97. The summed E-state index contributed by atoms with van der Waals surface area (Å²) >= 11 is 0.